The number of carbonyl (C=O) groups is 2. The second kappa shape index (κ2) is 12.1. The van der Waals surface area contributed by atoms with Crippen LogP contribution in [0, 0.1) is 11.7 Å². The van der Waals surface area contributed by atoms with Gasteiger partial charge in [-0.1, -0.05) is 32.0 Å². The molecule has 4 rings (SSSR count). The third-order valence-corrected chi connectivity index (χ3v) is 6.42. The molecule has 0 saturated carbocycles. The molecule has 0 aliphatic carbocycles. The van der Waals surface area contributed by atoms with Crippen molar-refractivity contribution in [2.75, 3.05) is 18.4 Å². The minimum atomic E-state index is -4.83. The van der Waals surface area contributed by atoms with E-state index in [1.807, 2.05) is 13.8 Å². The van der Waals surface area contributed by atoms with E-state index in [1.165, 1.54) is 24.1 Å². The maximum Gasteiger partial charge on any atom is 0.435 e. The number of aromatic nitrogens is 2. The molecule has 0 saturated heterocycles. The van der Waals surface area contributed by atoms with E-state index >= 15 is 4.39 Å². The summed E-state index contributed by atoms with van der Waals surface area (Å²) in [6.07, 6.45) is -5.05. The molecule has 0 spiro atoms. The van der Waals surface area contributed by atoms with Crippen LogP contribution >= 0.6 is 0 Å². The highest BCUT2D eigenvalue weighted by Crippen LogP contribution is 2.31. The highest BCUT2D eigenvalue weighted by molar-refractivity contribution is 6.03. The van der Waals surface area contributed by atoms with Gasteiger partial charge in [0.1, 0.15) is 17.1 Å². The van der Waals surface area contributed by atoms with Gasteiger partial charge >= 0.3 is 12.3 Å². The molecule has 1 aliphatic rings. The van der Waals surface area contributed by atoms with Crippen molar-refractivity contribution in [3.63, 3.8) is 0 Å². The number of ether oxygens (including phenoxy) is 1. The molecule has 2 amide bonds. The normalized spacial score (nSPS) is 14.0. The SMILES string of the molecule is C[C](C)CN1CCc2c(ccc(NC(=O)c3cc(C(F)(F)F)nn3-c3cccc(CNC(=O)OC(C)(C)C)c3)c2F)C1. The largest absolute Gasteiger partial charge is 0.444 e. The van der Waals surface area contributed by atoms with Crippen LogP contribution in [0.4, 0.5) is 28.0 Å². The summed E-state index contributed by atoms with van der Waals surface area (Å²) in [6, 6.07) is 9.94. The highest BCUT2D eigenvalue weighted by Gasteiger charge is 2.36. The second-order valence-electron chi connectivity index (χ2n) is 11.5. The van der Waals surface area contributed by atoms with Gasteiger partial charge in [-0.25, -0.2) is 13.9 Å². The summed E-state index contributed by atoms with van der Waals surface area (Å²) in [5, 5.41) is 8.66. The zero-order valence-electron chi connectivity index (χ0n) is 24.2. The predicted molar refractivity (Wildman–Crippen MR) is 150 cm³/mol. The molecule has 1 aromatic heterocycles. The topological polar surface area (TPSA) is 88.5 Å². The number of nitrogens with zero attached hydrogens (tertiary/aromatic N) is 3. The van der Waals surface area contributed by atoms with Crippen molar-refractivity contribution in [3.05, 3.63) is 82.3 Å². The van der Waals surface area contributed by atoms with E-state index in [0.717, 1.165) is 16.8 Å². The van der Waals surface area contributed by atoms with E-state index < -0.39 is 41.0 Å². The van der Waals surface area contributed by atoms with Crippen LogP contribution in [0.2, 0.25) is 0 Å². The fourth-order valence-corrected chi connectivity index (χ4v) is 4.70. The van der Waals surface area contributed by atoms with Crippen LogP contribution in [0.25, 0.3) is 5.69 Å². The third-order valence-electron chi connectivity index (χ3n) is 6.42. The van der Waals surface area contributed by atoms with Crippen molar-refractivity contribution >= 4 is 17.7 Å². The molecule has 2 N–H and O–H groups in total. The number of anilines is 1. The number of benzene rings is 2. The lowest BCUT2D eigenvalue weighted by molar-refractivity contribution is -0.141. The van der Waals surface area contributed by atoms with Gasteiger partial charge in [0.25, 0.3) is 5.91 Å². The number of fused-ring (bicyclic) bond motifs is 1. The first kappa shape index (κ1) is 31.0. The van der Waals surface area contributed by atoms with Crippen molar-refractivity contribution in [2.24, 2.45) is 0 Å². The number of nitrogens with one attached hydrogen (secondary N) is 2. The molecular formula is C30H34F4N5O3. The summed E-state index contributed by atoms with van der Waals surface area (Å²) < 4.78 is 62.4. The van der Waals surface area contributed by atoms with E-state index in [0.29, 0.717) is 36.7 Å². The van der Waals surface area contributed by atoms with Crippen molar-refractivity contribution in [1.82, 2.24) is 20.0 Å². The Morgan fingerprint density at radius 2 is 1.81 bits per heavy atom. The Kier molecular flexibility index (Phi) is 8.95. The summed E-state index contributed by atoms with van der Waals surface area (Å²) in [4.78, 5) is 27.5. The van der Waals surface area contributed by atoms with Crippen LogP contribution in [0.1, 0.15) is 67.5 Å². The molecule has 0 fully saturated rings. The Balaban J connectivity index is 1.59. The maximum absolute atomic E-state index is 15.5. The van der Waals surface area contributed by atoms with Gasteiger partial charge in [0.2, 0.25) is 0 Å². The minimum absolute atomic E-state index is 0.0191. The lowest BCUT2D eigenvalue weighted by atomic mass is 9.97. The van der Waals surface area contributed by atoms with Gasteiger partial charge in [0.15, 0.2) is 5.69 Å². The average molecular weight is 589 g/mol. The molecule has 0 unspecified atom stereocenters. The first-order valence-corrected chi connectivity index (χ1v) is 13.5. The molecule has 1 aliphatic heterocycles. The Labute approximate surface area is 242 Å². The molecule has 1 radical (unpaired) electrons. The Hall–Kier alpha value is -3.93. The molecule has 0 bridgehead atoms. The Morgan fingerprint density at radius 1 is 1.07 bits per heavy atom. The van der Waals surface area contributed by atoms with E-state index in [2.05, 4.69) is 20.6 Å². The van der Waals surface area contributed by atoms with Gasteiger partial charge in [-0.2, -0.15) is 18.3 Å². The maximum atomic E-state index is 15.5. The van der Waals surface area contributed by atoms with E-state index in [9.17, 15) is 22.8 Å². The monoisotopic (exact) mass is 588 g/mol. The number of alkyl carbamates (subject to hydrolysis) is 1. The molecule has 8 nitrogen and oxygen atoms in total. The number of rotatable bonds is 7. The number of carbonyl (C=O) groups excluding carboxylic acids is 2. The fraction of sp³-hybridized carbons (Fsp3) is 0.400. The van der Waals surface area contributed by atoms with Crippen molar-refractivity contribution in [1.29, 1.82) is 0 Å². The zero-order valence-corrected chi connectivity index (χ0v) is 24.2. The van der Waals surface area contributed by atoms with E-state index in [1.54, 1.807) is 39.0 Å². The summed E-state index contributed by atoms with van der Waals surface area (Å²) in [7, 11) is 0. The van der Waals surface area contributed by atoms with Crippen LogP contribution in [0.5, 0.6) is 0 Å². The van der Waals surface area contributed by atoms with Gasteiger partial charge in [0, 0.05) is 32.2 Å². The van der Waals surface area contributed by atoms with Crippen LogP contribution in [-0.4, -0.2) is 45.4 Å². The molecule has 2 heterocycles. The second-order valence-corrected chi connectivity index (χ2v) is 11.5. The van der Waals surface area contributed by atoms with Crippen LogP contribution < -0.4 is 10.6 Å². The Bertz CT molecular complexity index is 1460. The smallest absolute Gasteiger partial charge is 0.435 e. The van der Waals surface area contributed by atoms with Crippen LogP contribution in [0.3, 0.4) is 0 Å². The average Bonchev–Trinajstić information content (AvgIpc) is 3.35. The van der Waals surface area contributed by atoms with E-state index in [4.69, 9.17) is 4.74 Å². The summed E-state index contributed by atoms with van der Waals surface area (Å²) in [5.74, 6) is -0.319. The number of halogens is 4. The van der Waals surface area contributed by atoms with Gasteiger partial charge in [0.05, 0.1) is 11.4 Å². The number of amides is 2. The summed E-state index contributed by atoms with van der Waals surface area (Å²) >= 11 is 0. The van der Waals surface area contributed by atoms with Crippen LogP contribution in [0.15, 0.2) is 42.5 Å². The van der Waals surface area contributed by atoms with Crippen molar-refractivity contribution in [2.45, 2.75) is 65.9 Å². The van der Waals surface area contributed by atoms with Gasteiger partial charge in [-0.05, 0) is 68.0 Å². The van der Waals surface area contributed by atoms with Crippen molar-refractivity contribution < 1.29 is 31.9 Å². The van der Waals surface area contributed by atoms with Gasteiger partial charge in [-0.15, -0.1) is 0 Å². The fourth-order valence-electron chi connectivity index (χ4n) is 4.70. The Morgan fingerprint density at radius 3 is 2.48 bits per heavy atom. The lowest BCUT2D eigenvalue weighted by Gasteiger charge is -2.30. The lowest BCUT2D eigenvalue weighted by Crippen LogP contribution is -2.33. The minimum Gasteiger partial charge on any atom is -0.444 e. The first-order valence-electron chi connectivity index (χ1n) is 13.5. The quantitative estimate of drug-likeness (QED) is 0.317. The van der Waals surface area contributed by atoms with Crippen LogP contribution in [-0.2, 0) is 30.4 Å². The molecule has 12 heteroatoms. The molecule has 42 heavy (non-hydrogen) atoms. The first-order chi connectivity index (χ1) is 19.6. The zero-order chi connectivity index (χ0) is 30.8. The number of hydrogen-bond donors (Lipinski definition) is 2. The van der Waals surface area contributed by atoms with E-state index in [-0.39, 0.29) is 17.9 Å². The molecule has 3 aromatic rings. The molecule has 225 valence electrons. The summed E-state index contributed by atoms with van der Waals surface area (Å²) in [6.45, 7) is 11.2. The van der Waals surface area contributed by atoms with Gasteiger partial charge < -0.3 is 15.4 Å². The highest BCUT2D eigenvalue weighted by atomic mass is 19.4. The number of hydrogen-bond acceptors (Lipinski definition) is 5. The number of alkyl halides is 3. The molecular weight excluding hydrogens is 554 g/mol. The standard InChI is InChI=1S/C30H34F4N5O3/c1-18(2)16-38-12-11-22-20(17-38)9-10-23(26(22)31)36-27(40)24-14-25(30(32,33)34)37-39(24)21-8-6-7-19(13-21)15-35-28(41)42-29(3,4)5/h6-10,13-14H,11-12,15-17H2,1-5H3,(H,35,41)(H,36,40). The van der Waals surface area contributed by atoms with Gasteiger partial charge in [-0.3, -0.25) is 9.69 Å². The summed E-state index contributed by atoms with van der Waals surface area (Å²) in [5.41, 5.74) is -0.584. The third kappa shape index (κ3) is 7.67. The predicted octanol–water partition coefficient (Wildman–Crippen LogP) is 6.28. The van der Waals surface area contributed by atoms with Crippen molar-refractivity contribution in [3.8, 4) is 5.69 Å². The molecule has 2 aromatic carbocycles. The molecule has 0 atom stereocenters.